The number of H-pyrrole nitrogens is 1. The molecule has 11 nitrogen and oxygen atoms in total. The number of aliphatic hydroxyl groups is 5. The highest BCUT2D eigenvalue weighted by Gasteiger charge is 2.45. The Morgan fingerprint density at radius 3 is 2.33 bits per heavy atom. The van der Waals surface area contributed by atoms with E-state index < -0.39 is 37.3 Å². The van der Waals surface area contributed by atoms with Gasteiger partial charge in [-0.25, -0.2) is 0 Å². The van der Waals surface area contributed by atoms with Crippen molar-refractivity contribution in [2.75, 3.05) is 46.2 Å². The lowest BCUT2D eigenvalue weighted by molar-refractivity contribution is -0.277. The summed E-state index contributed by atoms with van der Waals surface area (Å²) >= 11 is 7.00. The Bertz CT molecular complexity index is 895. The van der Waals surface area contributed by atoms with Gasteiger partial charge in [-0.15, -0.1) is 0 Å². The maximum atomic E-state index is 10.3. The molecule has 1 saturated heterocycles. The topological polar surface area (TPSA) is 163 Å². The van der Waals surface area contributed by atoms with Gasteiger partial charge in [0.05, 0.1) is 59.5 Å². The summed E-state index contributed by atoms with van der Waals surface area (Å²) in [6.07, 6.45) is -5.39. The van der Waals surface area contributed by atoms with Crippen LogP contribution in [0.5, 0.6) is 11.5 Å². The highest BCUT2D eigenvalue weighted by Crippen LogP contribution is 2.44. The van der Waals surface area contributed by atoms with Gasteiger partial charge in [0.2, 0.25) is 6.29 Å². The second-order valence-corrected chi connectivity index (χ2v) is 8.84. The average Bonchev–Trinajstić information content (AvgIpc) is 3.20. The zero-order valence-electron chi connectivity index (χ0n) is 17.5. The van der Waals surface area contributed by atoms with Gasteiger partial charge in [0.15, 0.2) is 0 Å². The number of aromatic nitrogens is 1. The van der Waals surface area contributed by atoms with Crippen molar-refractivity contribution < 1.29 is 49.2 Å². The Morgan fingerprint density at radius 2 is 1.64 bits per heavy atom. The third-order valence-corrected chi connectivity index (χ3v) is 6.30. The van der Waals surface area contributed by atoms with E-state index in [4.69, 9.17) is 28.8 Å². The quantitative estimate of drug-likeness (QED) is 0.186. The van der Waals surface area contributed by atoms with E-state index in [2.05, 4.69) is 36.8 Å². The van der Waals surface area contributed by atoms with Crippen LogP contribution in [0.25, 0.3) is 10.9 Å². The fourth-order valence-electron chi connectivity index (χ4n) is 3.28. The first-order valence-electron chi connectivity index (χ1n) is 10.2. The minimum Gasteiger partial charge on any atom is -0.489 e. The Labute approximate surface area is 206 Å². The van der Waals surface area contributed by atoms with Crippen molar-refractivity contribution >= 4 is 42.8 Å². The molecule has 2 aromatic rings. The maximum Gasteiger partial charge on any atom is 0.229 e. The highest BCUT2D eigenvalue weighted by molar-refractivity contribution is 9.11. The molecule has 33 heavy (non-hydrogen) atoms. The van der Waals surface area contributed by atoms with E-state index in [9.17, 15) is 20.4 Å². The average molecular weight is 601 g/mol. The molecule has 5 atom stereocenters. The number of nitrogens with one attached hydrogen (secondary N) is 1. The fourth-order valence-corrected chi connectivity index (χ4v) is 4.82. The summed E-state index contributed by atoms with van der Waals surface area (Å²) in [6, 6.07) is 1.79. The van der Waals surface area contributed by atoms with E-state index in [1.165, 1.54) is 0 Å². The fraction of sp³-hybridized carbons (Fsp3) is 0.600. The summed E-state index contributed by atoms with van der Waals surface area (Å²) < 4.78 is 28.9. The number of fused-ring (bicyclic) bond motifs is 1. The summed E-state index contributed by atoms with van der Waals surface area (Å²) in [6.45, 7) is 1.01. The van der Waals surface area contributed by atoms with Crippen LogP contribution in [0.4, 0.5) is 0 Å². The Balaban J connectivity index is 1.68. The summed E-state index contributed by atoms with van der Waals surface area (Å²) in [5.74, 6) is 0.803. The van der Waals surface area contributed by atoms with Gasteiger partial charge in [-0.05, 0) is 37.9 Å². The molecule has 1 fully saturated rings. The number of rotatable bonds is 12. The lowest BCUT2D eigenvalue weighted by Crippen LogP contribution is -2.60. The minimum atomic E-state index is -1.54. The molecule has 1 aromatic carbocycles. The molecule has 2 heterocycles. The van der Waals surface area contributed by atoms with Crippen molar-refractivity contribution in [1.82, 2.24) is 4.98 Å². The van der Waals surface area contributed by atoms with Crippen LogP contribution in [-0.2, 0) is 14.2 Å². The summed E-state index contributed by atoms with van der Waals surface area (Å²) in [5, 5.41) is 48.8. The molecule has 6 N–H and O–H groups in total. The zero-order valence-corrected chi connectivity index (χ0v) is 20.7. The summed E-state index contributed by atoms with van der Waals surface area (Å²) in [7, 11) is 0. The van der Waals surface area contributed by atoms with Gasteiger partial charge < -0.3 is 54.2 Å². The van der Waals surface area contributed by atoms with E-state index in [1.54, 1.807) is 12.3 Å². The van der Waals surface area contributed by atoms with E-state index in [1.807, 2.05) is 0 Å². The number of hydrogen-bond donors (Lipinski definition) is 6. The zero-order chi connectivity index (χ0) is 24.0. The Hall–Kier alpha value is -1.00. The van der Waals surface area contributed by atoms with Crippen molar-refractivity contribution in [3.8, 4) is 11.5 Å². The van der Waals surface area contributed by atoms with E-state index in [-0.39, 0.29) is 19.8 Å². The number of hydrogen-bond acceptors (Lipinski definition) is 10. The SMILES string of the molecule is OCCOCCOCCOc1c(Br)cc2[nH]cc(O[C@@H]3O[C@H](CO)[C@@H](O)[C@H](O)[C@H]3O)c2c1Br. The van der Waals surface area contributed by atoms with Crippen LogP contribution in [0.3, 0.4) is 0 Å². The van der Waals surface area contributed by atoms with Crippen LogP contribution in [0.2, 0.25) is 0 Å². The van der Waals surface area contributed by atoms with Crippen LogP contribution >= 0.6 is 31.9 Å². The van der Waals surface area contributed by atoms with Gasteiger partial charge in [-0.3, -0.25) is 0 Å². The maximum absolute atomic E-state index is 10.3. The highest BCUT2D eigenvalue weighted by atomic mass is 79.9. The number of halogens is 2. The molecular weight excluding hydrogens is 574 g/mol. The molecule has 0 aliphatic carbocycles. The predicted octanol–water partition coefficient (Wildman–Crippen LogP) is 0.276. The molecule has 0 radical (unpaired) electrons. The van der Waals surface area contributed by atoms with Crippen molar-refractivity contribution in [2.45, 2.75) is 30.7 Å². The van der Waals surface area contributed by atoms with Gasteiger partial charge in [-0.2, -0.15) is 0 Å². The van der Waals surface area contributed by atoms with Gasteiger partial charge >= 0.3 is 0 Å². The summed E-state index contributed by atoms with van der Waals surface area (Å²) in [5.41, 5.74) is 0.693. The van der Waals surface area contributed by atoms with Gasteiger partial charge in [-0.1, -0.05) is 0 Å². The lowest BCUT2D eigenvalue weighted by atomic mass is 9.99. The lowest BCUT2D eigenvalue weighted by Gasteiger charge is -2.39. The van der Waals surface area contributed by atoms with Gasteiger partial charge in [0, 0.05) is 6.20 Å². The number of ether oxygens (including phenoxy) is 5. The van der Waals surface area contributed by atoms with E-state index >= 15 is 0 Å². The second kappa shape index (κ2) is 12.6. The van der Waals surface area contributed by atoms with Crippen molar-refractivity contribution in [2.24, 2.45) is 0 Å². The first-order chi connectivity index (χ1) is 15.9. The van der Waals surface area contributed by atoms with E-state index in [0.29, 0.717) is 51.2 Å². The molecule has 0 saturated carbocycles. The van der Waals surface area contributed by atoms with Crippen LogP contribution in [0.15, 0.2) is 21.2 Å². The molecule has 0 spiro atoms. The third kappa shape index (κ3) is 6.36. The van der Waals surface area contributed by atoms with E-state index in [0.717, 1.165) is 0 Å². The molecule has 1 aliphatic rings. The van der Waals surface area contributed by atoms with Crippen LogP contribution in [0, 0.1) is 0 Å². The molecule has 1 aromatic heterocycles. The first kappa shape index (κ1) is 26.6. The van der Waals surface area contributed by atoms with Gasteiger partial charge in [0.1, 0.15) is 42.5 Å². The van der Waals surface area contributed by atoms with Crippen molar-refractivity contribution in [3.63, 3.8) is 0 Å². The molecule has 13 heteroatoms. The summed E-state index contributed by atoms with van der Waals surface area (Å²) in [4.78, 5) is 3.05. The predicted molar refractivity (Wildman–Crippen MR) is 122 cm³/mol. The second-order valence-electron chi connectivity index (χ2n) is 7.19. The number of aliphatic hydroxyl groups excluding tert-OH is 5. The molecule has 0 bridgehead atoms. The first-order valence-corrected chi connectivity index (χ1v) is 11.8. The number of benzene rings is 1. The molecule has 3 rings (SSSR count). The molecule has 1 aliphatic heterocycles. The number of aromatic amines is 1. The molecular formula is C20H27Br2NO10. The smallest absolute Gasteiger partial charge is 0.229 e. The normalized spacial score (nSPS) is 25.5. The third-order valence-electron chi connectivity index (χ3n) is 4.95. The van der Waals surface area contributed by atoms with Crippen LogP contribution in [-0.4, -0.2) is 107 Å². The Kier molecular flexibility index (Phi) is 10.2. The monoisotopic (exact) mass is 599 g/mol. The molecule has 0 amide bonds. The van der Waals surface area contributed by atoms with Gasteiger partial charge in [0.25, 0.3) is 0 Å². The van der Waals surface area contributed by atoms with Crippen LogP contribution in [0.1, 0.15) is 0 Å². The molecule has 0 unspecified atom stereocenters. The molecule has 186 valence electrons. The van der Waals surface area contributed by atoms with Crippen molar-refractivity contribution in [3.05, 3.63) is 21.2 Å². The minimum absolute atomic E-state index is 0.0329. The Morgan fingerprint density at radius 1 is 0.939 bits per heavy atom. The largest absolute Gasteiger partial charge is 0.489 e. The van der Waals surface area contributed by atoms with Crippen LogP contribution < -0.4 is 9.47 Å². The van der Waals surface area contributed by atoms with Crippen molar-refractivity contribution in [1.29, 1.82) is 0 Å². The standard InChI is InChI=1S/C20H27Br2NO10/c21-10-7-11-14(15(22)19(10)31-6-5-30-4-3-29-2-1-24)12(8-23-11)32-20-18(28)17(27)16(26)13(9-25)33-20/h7-8,13,16-18,20,23-28H,1-6,9H2/t13-,16-,17+,18-,20-/m1/s1.